The van der Waals surface area contributed by atoms with Crippen LogP contribution in [0.15, 0.2) is 42.5 Å². The van der Waals surface area contributed by atoms with E-state index < -0.39 is 0 Å². The zero-order valence-corrected chi connectivity index (χ0v) is 15.7. The van der Waals surface area contributed by atoms with Crippen LogP contribution in [-0.4, -0.2) is 46.7 Å². The van der Waals surface area contributed by atoms with Crippen molar-refractivity contribution in [2.75, 3.05) is 13.1 Å². The Labute approximate surface area is 162 Å². The minimum atomic E-state index is -0.362. The summed E-state index contributed by atoms with van der Waals surface area (Å²) < 4.78 is 0. The van der Waals surface area contributed by atoms with Crippen LogP contribution < -0.4 is 0 Å². The van der Waals surface area contributed by atoms with Gasteiger partial charge in [-0.3, -0.25) is 19.3 Å². The molecule has 0 saturated carbocycles. The normalized spacial score (nSPS) is 19.0. The van der Waals surface area contributed by atoms with Gasteiger partial charge in [0.15, 0.2) is 0 Å². The van der Waals surface area contributed by atoms with Gasteiger partial charge in [-0.2, -0.15) is 0 Å². The first-order valence-electron chi connectivity index (χ1n) is 8.96. The summed E-state index contributed by atoms with van der Waals surface area (Å²) >= 11 is 6.12. The molecule has 0 N–H and O–H groups in total. The van der Waals surface area contributed by atoms with Gasteiger partial charge in [-0.05, 0) is 36.6 Å². The minimum absolute atomic E-state index is 0.0152. The summed E-state index contributed by atoms with van der Waals surface area (Å²) in [7, 11) is 0. The summed E-state index contributed by atoms with van der Waals surface area (Å²) in [6, 6.07) is 12.4. The summed E-state index contributed by atoms with van der Waals surface area (Å²) in [6.07, 6.45) is 0.913. The van der Waals surface area contributed by atoms with Gasteiger partial charge in [0.1, 0.15) is 0 Å². The third kappa shape index (κ3) is 3.02. The summed E-state index contributed by atoms with van der Waals surface area (Å²) in [6.45, 7) is 2.89. The van der Waals surface area contributed by atoms with Crippen molar-refractivity contribution in [2.45, 2.75) is 25.8 Å². The van der Waals surface area contributed by atoms with Crippen molar-refractivity contribution in [3.8, 4) is 0 Å². The first-order valence-corrected chi connectivity index (χ1v) is 9.34. The molecule has 1 fully saturated rings. The lowest BCUT2D eigenvalue weighted by Crippen LogP contribution is -2.42. The molecule has 4 rings (SSSR count). The number of nitrogens with zero attached hydrogens (tertiary/aromatic N) is 2. The van der Waals surface area contributed by atoms with Crippen molar-refractivity contribution >= 4 is 29.3 Å². The fourth-order valence-corrected chi connectivity index (χ4v) is 4.11. The van der Waals surface area contributed by atoms with Crippen molar-refractivity contribution in [3.05, 3.63) is 69.7 Å². The fourth-order valence-electron chi connectivity index (χ4n) is 3.86. The lowest BCUT2D eigenvalue weighted by atomic mass is 10.1. The zero-order valence-electron chi connectivity index (χ0n) is 14.9. The van der Waals surface area contributed by atoms with Crippen LogP contribution in [0.3, 0.4) is 0 Å². The van der Waals surface area contributed by atoms with Gasteiger partial charge in [0.2, 0.25) is 5.91 Å². The molecule has 0 spiro atoms. The van der Waals surface area contributed by atoms with Crippen molar-refractivity contribution in [3.63, 3.8) is 0 Å². The van der Waals surface area contributed by atoms with E-state index >= 15 is 0 Å². The zero-order chi connectivity index (χ0) is 19.1. The molecule has 27 heavy (non-hydrogen) atoms. The Balaban J connectivity index is 1.48. The van der Waals surface area contributed by atoms with E-state index in [1.165, 1.54) is 4.90 Å². The second-order valence-corrected chi connectivity index (χ2v) is 7.44. The van der Waals surface area contributed by atoms with Crippen molar-refractivity contribution in [2.24, 2.45) is 0 Å². The van der Waals surface area contributed by atoms with Gasteiger partial charge >= 0.3 is 0 Å². The van der Waals surface area contributed by atoms with E-state index in [1.54, 1.807) is 23.1 Å². The predicted molar refractivity (Wildman–Crippen MR) is 102 cm³/mol. The number of likely N-dealkylation sites (tertiary alicyclic amines) is 1. The second kappa shape index (κ2) is 6.82. The minimum Gasteiger partial charge on any atom is -0.340 e. The van der Waals surface area contributed by atoms with Crippen LogP contribution in [-0.2, 0) is 11.2 Å². The Hall–Kier alpha value is -2.66. The number of imide groups is 1. The van der Waals surface area contributed by atoms with E-state index in [1.807, 2.05) is 31.2 Å². The molecule has 0 bridgehead atoms. The fraction of sp³-hybridized carbons (Fsp3) is 0.286. The van der Waals surface area contributed by atoms with Gasteiger partial charge in [-0.15, -0.1) is 0 Å². The first-order chi connectivity index (χ1) is 13.0. The molecule has 1 atom stereocenters. The lowest BCUT2D eigenvalue weighted by Gasteiger charge is -2.23. The van der Waals surface area contributed by atoms with Gasteiger partial charge < -0.3 is 4.90 Å². The molecule has 5 nitrogen and oxygen atoms in total. The average molecular weight is 383 g/mol. The van der Waals surface area contributed by atoms with E-state index in [9.17, 15) is 14.4 Å². The van der Waals surface area contributed by atoms with Crippen LogP contribution in [0.2, 0.25) is 5.02 Å². The number of aryl methyl sites for hydroxylation is 1. The lowest BCUT2D eigenvalue weighted by molar-refractivity contribution is -0.129. The summed E-state index contributed by atoms with van der Waals surface area (Å²) in [5.74, 6) is -0.670. The molecule has 138 valence electrons. The van der Waals surface area contributed by atoms with Crippen LogP contribution in [0.1, 0.15) is 38.3 Å². The molecule has 1 unspecified atom stereocenters. The SMILES string of the molecule is Cc1ccccc1CC(=O)N1CCC(N2C(=O)c3cccc(Cl)c3C2=O)C1. The number of hydrogen-bond donors (Lipinski definition) is 0. The quantitative estimate of drug-likeness (QED) is 0.766. The van der Waals surface area contributed by atoms with Gasteiger partial charge in [0.25, 0.3) is 11.8 Å². The van der Waals surface area contributed by atoms with Crippen molar-refractivity contribution in [1.29, 1.82) is 0 Å². The molecule has 1 saturated heterocycles. The molecule has 2 aliphatic rings. The maximum absolute atomic E-state index is 12.7. The maximum Gasteiger partial charge on any atom is 0.263 e. The Morgan fingerprint density at radius 3 is 2.63 bits per heavy atom. The molecule has 0 radical (unpaired) electrons. The number of carbonyl (C=O) groups excluding carboxylic acids is 3. The number of amides is 3. The molecule has 2 aromatic carbocycles. The van der Waals surface area contributed by atoms with Crippen LogP contribution in [0.4, 0.5) is 0 Å². The van der Waals surface area contributed by atoms with Gasteiger partial charge in [0, 0.05) is 13.1 Å². The monoisotopic (exact) mass is 382 g/mol. The maximum atomic E-state index is 12.7. The number of fused-ring (bicyclic) bond motifs is 1. The topological polar surface area (TPSA) is 57.7 Å². The average Bonchev–Trinajstić information content (AvgIpc) is 3.21. The number of hydrogen-bond acceptors (Lipinski definition) is 3. The molecule has 2 aromatic rings. The molecule has 2 heterocycles. The predicted octanol–water partition coefficient (Wildman–Crippen LogP) is 3.09. The highest BCUT2D eigenvalue weighted by molar-refractivity contribution is 6.37. The Morgan fingerprint density at radius 1 is 1.11 bits per heavy atom. The van der Waals surface area contributed by atoms with E-state index in [0.717, 1.165) is 11.1 Å². The van der Waals surface area contributed by atoms with Crippen LogP contribution in [0, 0.1) is 6.92 Å². The van der Waals surface area contributed by atoms with E-state index in [2.05, 4.69) is 0 Å². The summed E-state index contributed by atoms with van der Waals surface area (Å²) in [5, 5.41) is 0.291. The van der Waals surface area contributed by atoms with E-state index in [-0.39, 0.29) is 29.3 Å². The van der Waals surface area contributed by atoms with Gasteiger partial charge in [0.05, 0.1) is 28.6 Å². The third-order valence-corrected chi connectivity index (χ3v) is 5.69. The third-order valence-electron chi connectivity index (χ3n) is 5.38. The Morgan fingerprint density at radius 2 is 1.89 bits per heavy atom. The highest BCUT2D eigenvalue weighted by Gasteiger charge is 2.43. The van der Waals surface area contributed by atoms with Crippen molar-refractivity contribution in [1.82, 2.24) is 9.80 Å². The van der Waals surface area contributed by atoms with Crippen molar-refractivity contribution < 1.29 is 14.4 Å². The Kier molecular flexibility index (Phi) is 4.48. The Bertz CT molecular complexity index is 956. The molecule has 0 aromatic heterocycles. The number of halogens is 1. The highest BCUT2D eigenvalue weighted by atomic mass is 35.5. The molecular weight excluding hydrogens is 364 g/mol. The van der Waals surface area contributed by atoms with Gasteiger partial charge in [-0.1, -0.05) is 41.9 Å². The van der Waals surface area contributed by atoms with Crippen LogP contribution in [0.25, 0.3) is 0 Å². The first kappa shape index (κ1) is 17.7. The number of carbonyl (C=O) groups is 3. The number of rotatable bonds is 3. The smallest absolute Gasteiger partial charge is 0.263 e. The van der Waals surface area contributed by atoms with Crippen LogP contribution in [0.5, 0.6) is 0 Å². The molecule has 6 heteroatoms. The molecular formula is C21H19ClN2O3. The summed E-state index contributed by atoms with van der Waals surface area (Å²) in [5.41, 5.74) is 2.70. The highest BCUT2D eigenvalue weighted by Crippen LogP contribution is 2.32. The van der Waals surface area contributed by atoms with Crippen LogP contribution >= 0.6 is 11.6 Å². The number of benzene rings is 2. The second-order valence-electron chi connectivity index (χ2n) is 7.03. The largest absolute Gasteiger partial charge is 0.340 e. The van der Waals surface area contributed by atoms with E-state index in [0.29, 0.717) is 36.5 Å². The van der Waals surface area contributed by atoms with Gasteiger partial charge in [-0.25, -0.2) is 0 Å². The molecule has 2 aliphatic heterocycles. The molecule has 0 aliphatic carbocycles. The summed E-state index contributed by atoms with van der Waals surface area (Å²) in [4.78, 5) is 41.1. The standard InChI is InChI=1S/C21H19ClN2O3/c1-13-5-2-3-6-14(13)11-18(25)23-10-9-15(12-23)24-20(26)16-7-4-8-17(22)19(16)21(24)27/h2-8,15H,9-12H2,1H3. The van der Waals surface area contributed by atoms with E-state index in [4.69, 9.17) is 11.6 Å². The molecule has 3 amide bonds.